The van der Waals surface area contributed by atoms with Gasteiger partial charge in [-0.1, -0.05) is 12.1 Å². The number of ether oxygens (including phenoxy) is 1. The fourth-order valence-corrected chi connectivity index (χ4v) is 3.83. The van der Waals surface area contributed by atoms with E-state index >= 15 is 0 Å². The van der Waals surface area contributed by atoms with Crippen molar-refractivity contribution in [2.75, 3.05) is 7.11 Å². The number of methoxy groups -OCH3 is 1. The van der Waals surface area contributed by atoms with Crippen LogP contribution < -0.4 is 4.74 Å². The summed E-state index contributed by atoms with van der Waals surface area (Å²) in [5, 5.41) is 0. The lowest BCUT2D eigenvalue weighted by Gasteiger charge is -2.36. The minimum Gasteiger partial charge on any atom is -0.497 e. The van der Waals surface area contributed by atoms with Gasteiger partial charge in [-0.2, -0.15) is 0 Å². The topological polar surface area (TPSA) is 43.4 Å². The van der Waals surface area contributed by atoms with Crippen molar-refractivity contribution in [3.05, 3.63) is 42.0 Å². The zero-order valence-electron chi connectivity index (χ0n) is 11.6. The van der Waals surface area contributed by atoms with Gasteiger partial charge in [-0.3, -0.25) is 9.59 Å². The standard InChI is InChI=1S/C17H18O3/c1-3-8-17-10-11(18)4-7-15(17)13-6-5-12(20-2)9-14(13)16(17)19/h3,5-6,9,15H,1,4,7-8,10H2,2H3/t15-,17-/m1/s1. The maximum Gasteiger partial charge on any atom is 0.170 e. The van der Waals surface area contributed by atoms with Crippen LogP contribution in [0.15, 0.2) is 30.9 Å². The smallest absolute Gasteiger partial charge is 0.170 e. The first-order chi connectivity index (χ1) is 9.62. The molecule has 104 valence electrons. The fourth-order valence-electron chi connectivity index (χ4n) is 3.83. The first-order valence-electron chi connectivity index (χ1n) is 6.97. The van der Waals surface area contributed by atoms with Crippen LogP contribution in [0.1, 0.15) is 47.5 Å². The van der Waals surface area contributed by atoms with Gasteiger partial charge in [0.05, 0.1) is 12.5 Å². The quantitative estimate of drug-likeness (QED) is 0.792. The van der Waals surface area contributed by atoms with Crippen molar-refractivity contribution in [1.29, 1.82) is 0 Å². The molecular formula is C17H18O3. The van der Waals surface area contributed by atoms with Crippen molar-refractivity contribution in [2.45, 2.75) is 31.6 Å². The summed E-state index contributed by atoms with van der Waals surface area (Å²) in [6.07, 6.45) is 4.02. The van der Waals surface area contributed by atoms with Gasteiger partial charge in [-0.05, 0) is 36.5 Å². The van der Waals surface area contributed by atoms with Crippen LogP contribution in [-0.4, -0.2) is 18.7 Å². The van der Waals surface area contributed by atoms with E-state index in [1.807, 2.05) is 18.2 Å². The average Bonchev–Trinajstić information content (AvgIpc) is 2.68. The number of hydrogen-bond donors (Lipinski definition) is 0. The second-order valence-corrected chi connectivity index (χ2v) is 5.74. The van der Waals surface area contributed by atoms with E-state index in [1.54, 1.807) is 13.2 Å². The number of carbonyl (C=O) groups is 2. The maximum absolute atomic E-state index is 12.9. The minimum absolute atomic E-state index is 0.0874. The molecule has 3 heteroatoms. The van der Waals surface area contributed by atoms with E-state index in [0.717, 1.165) is 17.5 Å². The Labute approximate surface area is 118 Å². The van der Waals surface area contributed by atoms with Crippen LogP contribution >= 0.6 is 0 Å². The molecule has 0 radical (unpaired) electrons. The van der Waals surface area contributed by atoms with E-state index < -0.39 is 5.41 Å². The second-order valence-electron chi connectivity index (χ2n) is 5.74. The summed E-state index contributed by atoms with van der Waals surface area (Å²) in [5.74, 6) is 1.11. The Morgan fingerprint density at radius 2 is 2.25 bits per heavy atom. The summed E-state index contributed by atoms with van der Waals surface area (Å²) < 4.78 is 5.22. The Hall–Kier alpha value is -1.90. The fraction of sp³-hybridized carbons (Fsp3) is 0.412. The molecular weight excluding hydrogens is 252 g/mol. The number of carbonyl (C=O) groups excluding carboxylic acids is 2. The normalized spacial score (nSPS) is 27.9. The highest BCUT2D eigenvalue weighted by Gasteiger charge is 2.54. The van der Waals surface area contributed by atoms with Crippen LogP contribution in [0.25, 0.3) is 0 Å². The van der Waals surface area contributed by atoms with Gasteiger partial charge in [-0.15, -0.1) is 6.58 Å². The lowest BCUT2D eigenvalue weighted by Crippen LogP contribution is -2.37. The number of rotatable bonds is 3. The van der Waals surface area contributed by atoms with Crippen LogP contribution in [0.4, 0.5) is 0 Å². The number of Topliss-reactive ketones (excluding diaryl/α,β-unsaturated/α-hetero) is 2. The lowest BCUT2D eigenvalue weighted by atomic mass is 9.64. The van der Waals surface area contributed by atoms with Gasteiger partial charge >= 0.3 is 0 Å². The molecule has 0 aliphatic heterocycles. The highest BCUT2D eigenvalue weighted by Crippen LogP contribution is 2.56. The first-order valence-corrected chi connectivity index (χ1v) is 6.97. The van der Waals surface area contributed by atoms with Crippen molar-refractivity contribution in [1.82, 2.24) is 0 Å². The lowest BCUT2D eigenvalue weighted by molar-refractivity contribution is -0.123. The van der Waals surface area contributed by atoms with Crippen molar-refractivity contribution in [3.8, 4) is 5.75 Å². The van der Waals surface area contributed by atoms with Crippen molar-refractivity contribution < 1.29 is 14.3 Å². The summed E-state index contributed by atoms with van der Waals surface area (Å²) in [5.41, 5.74) is 1.21. The second kappa shape index (κ2) is 4.58. The van der Waals surface area contributed by atoms with Crippen LogP contribution in [0.5, 0.6) is 5.75 Å². The predicted molar refractivity (Wildman–Crippen MR) is 76.2 cm³/mol. The Bertz CT molecular complexity index is 602. The molecule has 0 bridgehead atoms. The Morgan fingerprint density at radius 1 is 1.45 bits per heavy atom. The number of allylic oxidation sites excluding steroid dienone is 1. The Kier molecular flexibility index (Phi) is 3.00. The van der Waals surface area contributed by atoms with Crippen LogP contribution in [0.2, 0.25) is 0 Å². The van der Waals surface area contributed by atoms with Crippen LogP contribution in [0.3, 0.4) is 0 Å². The molecule has 20 heavy (non-hydrogen) atoms. The number of ketones is 2. The predicted octanol–water partition coefficient (Wildman–Crippen LogP) is 3.29. The molecule has 0 heterocycles. The van der Waals surface area contributed by atoms with Gasteiger partial charge < -0.3 is 4.74 Å². The summed E-state index contributed by atoms with van der Waals surface area (Å²) in [6, 6.07) is 5.69. The van der Waals surface area contributed by atoms with E-state index in [9.17, 15) is 9.59 Å². The zero-order valence-corrected chi connectivity index (χ0v) is 11.6. The Morgan fingerprint density at radius 3 is 2.95 bits per heavy atom. The van der Waals surface area contributed by atoms with Gasteiger partial charge in [0, 0.05) is 18.4 Å². The molecule has 2 aliphatic rings. The number of benzene rings is 1. The third kappa shape index (κ3) is 1.65. The third-order valence-corrected chi connectivity index (χ3v) is 4.73. The van der Waals surface area contributed by atoms with E-state index in [-0.39, 0.29) is 17.5 Å². The highest BCUT2D eigenvalue weighted by molar-refractivity contribution is 6.09. The van der Waals surface area contributed by atoms with Gasteiger partial charge in [0.1, 0.15) is 11.5 Å². The van der Waals surface area contributed by atoms with E-state index in [2.05, 4.69) is 6.58 Å². The SMILES string of the molecule is C=CC[C@@]12CC(=O)CC[C@@H]1c1ccc(OC)cc1C2=O. The molecule has 2 aliphatic carbocycles. The molecule has 0 unspecified atom stereocenters. The van der Waals surface area contributed by atoms with Crippen molar-refractivity contribution in [3.63, 3.8) is 0 Å². The molecule has 1 aromatic rings. The first kappa shape index (κ1) is 13.1. The maximum atomic E-state index is 12.9. The molecule has 0 amide bonds. The van der Waals surface area contributed by atoms with Gasteiger partial charge in [-0.25, -0.2) is 0 Å². The van der Waals surface area contributed by atoms with E-state index in [0.29, 0.717) is 25.0 Å². The highest BCUT2D eigenvalue weighted by atomic mass is 16.5. The monoisotopic (exact) mass is 270 g/mol. The summed E-state index contributed by atoms with van der Waals surface area (Å²) in [6.45, 7) is 3.78. The summed E-state index contributed by atoms with van der Waals surface area (Å²) in [7, 11) is 1.59. The van der Waals surface area contributed by atoms with Gasteiger partial charge in [0.15, 0.2) is 5.78 Å². The molecule has 1 fully saturated rings. The third-order valence-electron chi connectivity index (χ3n) is 4.73. The van der Waals surface area contributed by atoms with E-state index in [1.165, 1.54) is 0 Å². The molecule has 0 spiro atoms. The number of hydrogen-bond acceptors (Lipinski definition) is 3. The van der Waals surface area contributed by atoms with Crippen molar-refractivity contribution in [2.24, 2.45) is 5.41 Å². The zero-order chi connectivity index (χ0) is 14.3. The molecule has 1 aromatic carbocycles. The van der Waals surface area contributed by atoms with Gasteiger partial charge in [0.2, 0.25) is 0 Å². The van der Waals surface area contributed by atoms with Crippen LogP contribution in [0, 0.1) is 5.41 Å². The van der Waals surface area contributed by atoms with Gasteiger partial charge in [0.25, 0.3) is 0 Å². The largest absolute Gasteiger partial charge is 0.497 e. The number of fused-ring (bicyclic) bond motifs is 3. The molecule has 1 saturated carbocycles. The molecule has 0 N–H and O–H groups in total. The molecule has 3 rings (SSSR count). The minimum atomic E-state index is -0.591. The van der Waals surface area contributed by atoms with Crippen molar-refractivity contribution >= 4 is 11.6 Å². The summed E-state index contributed by atoms with van der Waals surface area (Å²) in [4.78, 5) is 24.8. The molecule has 0 saturated heterocycles. The Balaban J connectivity index is 2.14. The molecule has 2 atom stereocenters. The molecule has 0 aromatic heterocycles. The summed E-state index contributed by atoms with van der Waals surface area (Å²) >= 11 is 0. The molecule has 3 nitrogen and oxygen atoms in total. The average molecular weight is 270 g/mol. The van der Waals surface area contributed by atoms with Crippen LogP contribution in [-0.2, 0) is 4.79 Å². The van der Waals surface area contributed by atoms with E-state index in [4.69, 9.17) is 4.74 Å².